The molecule has 0 unspecified atom stereocenters. The predicted molar refractivity (Wildman–Crippen MR) is 138 cm³/mol. The number of nitrogens with zero attached hydrogens (tertiary/aromatic N) is 1. The van der Waals surface area contributed by atoms with Crippen molar-refractivity contribution in [2.24, 2.45) is 5.92 Å². The Labute approximate surface area is 220 Å². The molecule has 4 atom stereocenters. The summed E-state index contributed by atoms with van der Waals surface area (Å²) in [7, 11) is 3.78. The van der Waals surface area contributed by atoms with Crippen molar-refractivity contribution in [3.05, 3.63) is 0 Å². The van der Waals surface area contributed by atoms with E-state index in [0.29, 0.717) is 25.8 Å². The monoisotopic (exact) mass is 546 g/mol. The molecule has 2 aliphatic rings. The molecule has 0 aromatic heterocycles. The number of methoxy groups -OCH3 is 1. The van der Waals surface area contributed by atoms with E-state index in [0.717, 1.165) is 0 Å². The molecule has 0 spiro atoms. The van der Waals surface area contributed by atoms with Gasteiger partial charge in [-0.25, -0.2) is 9.59 Å². The van der Waals surface area contributed by atoms with E-state index in [1.54, 1.807) is 20.8 Å². The van der Waals surface area contributed by atoms with Crippen LogP contribution in [0.25, 0.3) is 0 Å². The molecule has 0 bridgehead atoms. The maximum absolute atomic E-state index is 13.5. The second-order valence-electron chi connectivity index (χ2n) is 10.2. The first-order valence-electron chi connectivity index (χ1n) is 12.0. The topological polar surface area (TPSA) is 143 Å². The molecule has 36 heavy (non-hydrogen) atoms. The minimum Gasteiger partial charge on any atom is -0.467 e. The Morgan fingerprint density at radius 1 is 1.11 bits per heavy atom. The molecular formula is C23H38N4O7S2. The number of carbonyl (C=O) groups is 5. The third-order valence-corrected chi connectivity index (χ3v) is 7.94. The summed E-state index contributed by atoms with van der Waals surface area (Å²) in [5.41, 5.74) is -0.746. The molecule has 4 amide bonds. The summed E-state index contributed by atoms with van der Waals surface area (Å²) in [5.74, 6) is -1.49. The summed E-state index contributed by atoms with van der Waals surface area (Å²) in [5, 5.41) is 8.13. The van der Waals surface area contributed by atoms with Gasteiger partial charge in [-0.15, -0.1) is 0 Å². The van der Waals surface area contributed by atoms with Crippen LogP contribution in [0.2, 0.25) is 0 Å². The van der Waals surface area contributed by atoms with Crippen LogP contribution in [0.4, 0.5) is 4.79 Å². The zero-order valence-corrected chi connectivity index (χ0v) is 23.4. The standard InChI is InChI=1S/C23H38N4O7S2/c1-13(2)10-14-18(28)25-16(21(31)33-6)12-36-35-11-15(26-22(32)34-23(3,4)5)20(30)27-9-7-8-17(27)19(29)24-14/h13-17H,7-12H2,1-6H3,(H,24,29)(H,25,28)(H,26,32)/t14-,15+,16+,17+/m1/s1. The normalized spacial score (nSPS) is 26.4. The van der Waals surface area contributed by atoms with Crippen LogP contribution in [-0.4, -0.2) is 89.6 Å². The van der Waals surface area contributed by atoms with E-state index in [2.05, 4.69) is 16.0 Å². The Morgan fingerprint density at radius 3 is 2.39 bits per heavy atom. The van der Waals surface area contributed by atoms with Crippen LogP contribution in [0.15, 0.2) is 0 Å². The summed E-state index contributed by atoms with van der Waals surface area (Å²) in [6, 6.07) is -3.52. The zero-order chi connectivity index (χ0) is 27.0. The van der Waals surface area contributed by atoms with E-state index in [-0.39, 0.29) is 17.4 Å². The smallest absolute Gasteiger partial charge is 0.408 e. The van der Waals surface area contributed by atoms with Gasteiger partial charge >= 0.3 is 12.1 Å². The van der Waals surface area contributed by atoms with Crippen molar-refractivity contribution < 1.29 is 33.4 Å². The van der Waals surface area contributed by atoms with E-state index in [1.807, 2.05) is 13.8 Å². The van der Waals surface area contributed by atoms with Gasteiger partial charge in [0, 0.05) is 18.1 Å². The van der Waals surface area contributed by atoms with Gasteiger partial charge in [-0.1, -0.05) is 35.4 Å². The van der Waals surface area contributed by atoms with Crippen molar-refractivity contribution in [2.75, 3.05) is 25.2 Å². The van der Waals surface area contributed by atoms with Gasteiger partial charge in [0.05, 0.1) is 7.11 Å². The largest absolute Gasteiger partial charge is 0.467 e. The van der Waals surface area contributed by atoms with Crippen LogP contribution in [-0.2, 0) is 28.7 Å². The number of carbonyl (C=O) groups excluding carboxylic acids is 5. The quantitative estimate of drug-likeness (QED) is 0.353. The van der Waals surface area contributed by atoms with Gasteiger partial charge in [-0.2, -0.15) is 0 Å². The van der Waals surface area contributed by atoms with Crippen LogP contribution in [0.1, 0.15) is 53.9 Å². The SMILES string of the molecule is COC(=O)[C@@H]1CSSC[C@H](NC(=O)OC(C)(C)C)C(=O)N2CCC[C@H]2C(=O)N[C@H](CC(C)C)C(=O)N1. The van der Waals surface area contributed by atoms with Gasteiger partial charge in [0.25, 0.3) is 0 Å². The number of hydrogen-bond acceptors (Lipinski definition) is 9. The first-order valence-corrected chi connectivity index (χ1v) is 14.5. The number of ether oxygens (including phenoxy) is 2. The van der Waals surface area contributed by atoms with Crippen LogP contribution in [0.5, 0.6) is 0 Å². The van der Waals surface area contributed by atoms with E-state index in [9.17, 15) is 24.0 Å². The van der Waals surface area contributed by atoms with Gasteiger partial charge in [0.1, 0.15) is 29.8 Å². The van der Waals surface area contributed by atoms with E-state index in [4.69, 9.17) is 9.47 Å². The highest BCUT2D eigenvalue weighted by Gasteiger charge is 2.40. The van der Waals surface area contributed by atoms with Crippen LogP contribution in [0.3, 0.4) is 0 Å². The lowest BCUT2D eigenvalue weighted by Crippen LogP contribution is -2.58. The highest BCUT2D eigenvalue weighted by molar-refractivity contribution is 8.76. The zero-order valence-electron chi connectivity index (χ0n) is 21.8. The fraction of sp³-hybridized carbons (Fsp3) is 0.783. The van der Waals surface area contributed by atoms with Gasteiger partial charge in [0.15, 0.2) is 0 Å². The molecule has 0 aromatic rings. The first kappa shape index (κ1) is 30.1. The average Bonchev–Trinajstić information content (AvgIpc) is 3.26. The fourth-order valence-corrected chi connectivity index (χ4v) is 6.22. The minimum atomic E-state index is -0.939. The number of hydrogen-bond donors (Lipinski definition) is 3. The second-order valence-corrected chi connectivity index (χ2v) is 12.8. The lowest BCUT2D eigenvalue weighted by molar-refractivity contribution is -0.145. The molecule has 0 aliphatic carbocycles. The molecule has 3 N–H and O–H groups in total. The molecule has 11 nitrogen and oxygen atoms in total. The molecule has 2 heterocycles. The molecule has 0 aromatic carbocycles. The summed E-state index contributed by atoms with van der Waals surface area (Å²) in [6.07, 6.45) is 0.691. The summed E-state index contributed by atoms with van der Waals surface area (Å²) in [4.78, 5) is 66.0. The fourth-order valence-electron chi connectivity index (χ4n) is 3.91. The van der Waals surface area contributed by atoms with E-state index < -0.39 is 59.6 Å². The van der Waals surface area contributed by atoms with Gasteiger partial charge in [0.2, 0.25) is 17.7 Å². The minimum absolute atomic E-state index is 0.0881. The molecule has 0 saturated carbocycles. The lowest BCUT2D eigenvalue weighted by Gasteiger charge is -2.31. The average molecular weight is 547 g/mol. The van der Waals surface area contributed by atoms with Crippen molar-refractivity contribution in [3.8, 4) is 0 Å². The number of alkyl carbamates (subject to hydrolysis) is 1. The number of nitrogens with one attached hydrogen (secondary N) is 3. The highest BCUT2D eigenvalue weighted by atomic mass is 33.1. The lowest BCUT2D eigenvalue weighted by atomic mass is 10.0. The Kier molecular flexibility index (Phi) is 11.2. The van der Waals surface area contributed by atoms with Crippen molar-refractivity contribution >= 4 is 51.4 Å². The molecule has 204 valence electrons. The van der Waals surface area contributed by atoms with Crippen molar-refractivity contribution in [1.29, 1.82) is 0 Å². The molecule has 0 radical (unpaired) electrons. The third-order valence-electron chi connectivity index (χ3n) is 5.52. The molecule has 13 heteroatoms. The highest BCUT2D eigenvalue weighted by Crippen LogP contribution is 2.26. The van der Waals surface area contributed by atoms with Crippen molar-refractivity contribution in [2.45, 2.75) is 83.6 Å². The van der Waals surface area contributed by atoms with Gasteiger partial charge in [-0.05, 0) is 46.0 Å². The van der Waals surface area contributed by atoms with E-state index in [1.165, 1.54) is 33.6 Å². The van der Waals surface area contributed by atoms with Crippen molar-refractivity contribution in [3.63, 3.8) is 0 Å². The second kappa shape index (κ2) is 13.4. The Bertz CT molecular complexity index is 834. The third kappa shape index (κ3) is 9.06. The number of rotatable bonds is 4. The maximum atomic E-state index is 13.5. The molecule has 2 aliphatic heterocycles. The molecular weight excluding hydrogens is 508 g/mol. The first-order chi connectivity index (χ1) is 16.8. The maximum Gasteiger partial charge on any atom is 0.408 e. The van der Waals surface area contributed by atoms with Crippen LogP contribution < -0.4 is 16.0 Å². The Hall–Kier alpha value is -2.15. The summed E-state index contributed by atoms with van der Waals surface area (Å²) in [6.45, 7) is 9.39. The Morgan fingerprint density at radius 2 is 1.78 bits per heavy atom. The predicted octanol–water partition coefficient (Wildman–Crippen LogP) is 1.45. The Balaban J connectivity index is 2.33. The molecule has 2 saturated heterocycles. The number of fused-ring (bicyclic) bond motifs is 1. The van der Waals surface area contributed by atoms with Crippen molar-refractivity contribution in [1.82, 2.24) is 20.9 Å². The molecule has 2 rings (SSSR count). The summed E-state index contributed by atoms with van der Waals surface area (Å²) < 4.78 is 10.2. The van der Waals surface area contributed by atoms with Gasteiger partial charge < -0.3 is 30.3 Å². The van der Waals surface area contributed by atoms with Gasteiger partial charge in [-0.3, -0.25) is 14.4 Å². The number of esters is 1. The number of amides is 4. The summed E-state index contributed by atoms with van der Waals surface area (Å²) >= 11 is 0. The van der Waals surface area contributed by atoms with E-state index >= 15 is 0 Å². The van der Waals surface area contributed by atoms with Crippen LogP contribution in [0, 0.1) is 5.92 Å². The molecule has 2 fully saturated rings. The van der Waals surface area contributed by atoms with Crippen LogP contribution >= 0.6 is 21.6 Å².